The zero-order chi connectivity index (χ0) is 17.0. The highest BCUT2D eigenvalue weighted by atomic mass is 79.9. The molecular weight excluding hydrogens is 366 g/mol. The molecule has 1 fully saturated rings. The minimum atomic E-state index is -0.824. The van der Waals surface area contributed by atoms with E-state index >= 15 is 0 Å². The topological polar surface area (TPSA) is 84.9 Å². The van der Waals surface area contributed by atoms with Crippen LogP contribution in [0.2, 0.25) is 0 Å². The highest BCUT2D eigenvalue weighted by molar-refractivity contribution is 9.10. The Balaban J connectivity index is 2.12. The Kier molecular flexibility index (Phi) is 5.87. The van der Waals surface area contributed by atoms with Crippen LogP contribution in [-0.4, -0.2) is 31.2 Å². The third-order valence-corrected chi connectivity index (χ3v) is 4.78. The van der Waals surface area contributed by atoms with Gasteiger partial charge in [0.15, 0.2) is 11.5 Å². The Morgan fingerprint density at radius 2 is 1.78 bits per heavy atom. The minimum Gasteiger partial charge on any atom is -0.493 e. The van der Waals surface area contributed by atoms with Crippen molar-refractivity contribution in [1.82, 2.24) is 0 Å². The predicted molar refractivity (Wildman–Crippen MR) is 89.0 cm³/mol. The maximum atomic E-state index is 12.4. The Morgan fingerprint density at radius 3 is 2.39 bits per heavy atom. The lowest BCUT2D eigenvalue weighted by Gasteiger charge is -2.26. The number of carbonyl (C=O) groups is 2. The number of amides is 1. The highest BCUT2D eigenvalue weighted by Crippen LogP contribution is 2.37. The molecule has 0 bridgehead atoms. The van der Waals surface area contributed by atoms with Crippen LogP contribution in [0.15, 0.2) is 16.6 Å². The number of nitrogens with one attached hydrogen (secondary N) is 1. The molecule has 0 aromatic heterocycles. The van der Waals surface area contributed by atoms with E-state index < -0.39 is 11.9 Å². The number of hydrogen-bond donors (Lipinski definition) is 2. The van der Waals surface area contributed by atoms with Crippen LogP contribution >= 0.6 is 15.9 Å². The summed E-state index contributed by atoms with van der Waals surface area (Å²) in [6.45, 7) is 0. The van der Waals surface area contributed by atoms with E-state index in [9.17, 15) is 9.59 Å². The number of rotatable bonds is 5. The molecule has 2 rings (SSSR count). The maximum absolute atomic E-state index is 12.4. The average Bonchev–Trinajstić information content (AvgIpc) is 2.56. The van der Waals surface area contributed by atoms with Crippen molar-refractivity contribution in [3.8, 4) is 11.5 Å². The first-order valence-electron chi connectivity index (χ1n) is 7.41. The molecule has 0 aliphatic heterocycles. The molecule has 0 spiro atoms. The SMILES string of the molecule is COc1cc(Br)c(NC(=O)C2CCCC(C(=O)O)C2)cc1OC. The van der Waals surface area contributed by atoms with Gasteiger partial charge in [0.25, 0.3) is 0 Å². The summed E-state index contributed by atoms with van der Waals surface area (Å²) in [6.07, 6.45) is 2.48. The van der Waals surface area contributed by atoms with Crippen LogP contribution in [-0.2, 0) is 9.59 Å². The molecule has 1 aromatic carbocycles. The van der Waals surface area contributed by atoms with Crippen molar-refractivity contribution in [2.75, 3.05) is 19.5 Å². The fraction of sp³-hybridized carbons (Fsp3) is 0.500. The molecule has 2 atom stereocenters. The molecule has 1 aliphatic carbocycles. The summed E-state index contributed by atoms with van der Waals surface area (Å²) in [7, 11) is 3.06. The highest BCUT2D eigenvalue weighted by Gasteiger charge is 2.31. The number of ether oxygens (including phenoxy) is 2. The molecule has 6 nitrogen and oxygen atoms in total. The number of methoxy groups -OCH3 is 2. The molecule has 0 heterocycles. The largest absolute Gasteiger partial charge is 0.493 e. The second kappa shape index (κ2) is 7.68. The third-order valence-electron chi connectivity index (χ3n) is 4.13. The number of carboxylic acid groups (broad SMARTS) is 1. The van der Waals surface area contributed by atoms with Gasteiger partial charge >= 0.3 is 5.97 Å². The van der Waals surface area contributed by atoms with Gasteiger partial charge in [0.05, 0.1) is 25.8 Å². The molecule has 7 heteroatoms. The molecule has 1 saturated carbocycles. The zero-order valence-electron chi connectivity index (χ0n) is 13.1. The number of carbonyl (C=O) groups excluding carboxylic acids is 1. The molecule has 0 saturated heterocycles. The van der Waals surface area contributed by atoms with Crippen LogP contribution in [0.5, 0.6) is 11.5 Å². The van der Waals surface area contributed by atoms with Gasteiger partial charge in [-0.1, -0.05) is 6.42 Å². The summed E-state index contributed by atoms with van der Waals surface area (Å²) in [5.74, 6) is -0.643. The van der Waals surface area contributed by atoms with Crippen LogP contribution in [0.4, 0.5) is 5.69 Å². The van der Waals surface area contributed by atoms with Crippen LogP contribution in [0.1, 0.15) is 25.7 Å². The summed E-state index contributed by atoms with van der Waals surface area (Å²) < 4.78 is 11.1. The first-order valence-corrected chi connectivity index (χ1v) is 8.20. The summed E-state index contributed by atoms with van der Waals surface area (Å²) >= 11 is 3.39. The van der Waals surface area contributed by atoms with E-state index in [-0.39, 0.29) is 11.8 Å². The number of aliphatic carboxylic acids is 1. The monoisotopic (exact) mass is 385 g/mol. The van der Waals surface area contributed by atoms with Crippen molar-refractivity contribution in [3.05, 3.63) is 16.6 Å². The van der Waals surface area contributed by atoms with E-state index in [2.05, 4.69) is 21.2 Å². The van der Waals surface area contributed by atoms with Crippen molar-refractivity contribution >= 4 is 33.5 Å². The normalized spacial score (nSPS) is 20.7. The van der Waals surface area contributed by atoms with Gasteiger partial charge in [-0.05, 0) is 35.2 Å². The van der Waals surface area contributed by atoms with Gasteiger partial charge in [0.2, 0.25) is 5.91 Å². The molecule has 23 heavy (non-hydrogen) atoms. The number of halogens is 1. The molecule has 2 unspecified atom stereocenters. The van der Waals surface area contributed by atoms with Crippen LogP contribution in [0.25, 0.3) is 0 Å². The van der Waals surface area contributed by atoms with Crippen molar-refractivity contribution in [2.24, 2.45) is 11.8 Å². The quantitative estimate of drug-likeness (QED) is 0.811. The summed E-state index contributed by atoms with van der Waals surface area (Å²) in [4.78, 5) is 23.6. The molecule has 0 radical (unpaired) electrons. The standard InChI is InChI=1S/C16H20BrNO5/c1-22-13-7-11(17)12(8-14(13)23-2)18-15(19)9-4-3-5-10(6-9)16(20)21/h7-10H,3-6H2,1-2H3,(H,18,19)(H,20,21). The summed E-state index contributed by atoms with van der Waals surface area (Å²) in [5, 5.41) is 12.0. The smallest absolute Gasteiger partial charge is 0.306 e. The molecule has 1 aliphatic rings. The van der Waals surface area contributed by atoms with Gasteiger partial charge in [-0.2, -0.15) is 0 Å². The fourth-order valence-corrected chi connectivity index (χ4v) is 3.26. The molecule has 2 N–H and O–H groups in total. The molecule has 1 aromatic rings. The lowest BCUT2D eigenvalue weighted by molar-refractivity contribution is -0.143. The van der Waals surface area contributed by atoms with Crippen molar-refractivity contribution in [2.45, 2.75) is 25.7 Å². The van der Waals surface area contributed by atoms with Crippen LogP contribution < -0.4 is 14.8 Å². The first-order chi connectivity index (χ1) is 11.0. The average molecular weight is 386 g/mol. The van der Waals surface area contributed by atoms with Gasteiger partial charge in [-0.15, -0.1) is 0 Å². The number of hydrogen-bond acceptors (Lipinski definition) is 4. The van der Waals surface area contributed by atoms with Crippen LogP contribution in [0.3, 0.4) is 0 Å². The minimum absolute atomic E-state index is 0.163. The van der Waals surface area contributed by atoms with Gasteiger partial charge in [0, 0.05) is 22.5 Å². The van der Waals surface area contributed by atoms with Crippen LogP contribution in [0, 0.1) is 11.8 Å². The van der Waals surface area contributed by atoms with E-state index in [1.807, 2.05) is 0 Å². The van der Waals surface area contributed by atoms with E-state index in [4.69, 9.17) is 14.6 Å². The summed E-state index contributed by atoms with van der Waals surface area (Å²) in [5.41, 5.74) is 0.574. The Bertz CT molecular complexity index is 604. The molecule has 126 valence electrons. The van der Waals surface area contributed by atoms with E-state index in [0.717, 1.165) is 6.42 Å². The number of anilines is 1. The van der Waals surface area contributed by atoms with Crippen molar-refractivity contribution < 1.29 is 24.2 Å². The summed E-state index contributed by atoms with van der Waals surface area (Å²) in [6, 6.07) is 3.40. The van der Waals surface area contributed by atoms with Gasteiger partial charge in [-0.25, -0.2) is 0 Å². The maximum Gasteiger partial charge on any atom is 0.306 e. The second-order valence-electron chi connectivity index (χ2n) is 5.57. The van der Waals surface area contributed by atoms with Crippen molar-refractivity contribution in [1.29, 1.82) is 0 Å². The van der Waals surface area contributed by atoms with E-state index in [1.54, 1.807) is 12.1 Å². The van der Waals surface area contributed by atoms with E-state index in [1.165, 1.54) is 14.2 Å². The Labute approximate surface area is 143 Å². The van der Waals surface area contributed by atoms with Gasteiger partial charge in [0.1, 0.15) is 0 Å². The Hall–Kier alpha value is -1.76. The molecule has 1 amide bonds. The first kappa shape index (κ1) is 17.6. The Morgan fingerprint density at radius 1 is 1.17 bits per heavy atom. The van der Waals surface area contributed by atoms with Gasteiger partial charge < -0.3 is 19.9 Å². The second-order valence-corrected chi connectivity index (χ2v) is 6.43. The fourth-order valence-electron chi connectivity index (χ4n) is 2.84. The van der Waals surface area contributed by atoms with Crippen molar-refractivity contribution in [3.63, 3.8) is 0 Å². The van der Waals surface area contributed by atoms with E-state index in [0.29, 0.717) is 40.9 Å². The predicted octanol–water partition coefficient (Wildman–Crippen LogP) is 3.30. The number of carboxylic acids is 1. The molecular formula is C16H20BrNO5. The third kappa shape index (κ3) is 4.16. The zero-order valence-corrected chi connectivity index (χ0v) is 14.7. The lowest BCUT2D eigenvalue weighted by atomic mass is 9.81. The van der Waals surface area contributed by atoms with Gasteiger partial charge in [-0.3, -0.25) is 9.59 Å². The lowest BCUT2D eigenvalue weighted by Crippen LogP contribution is -2.31. The number of benzene rings is 1.